The summed E-state index contributed by atoms with van der Waals surface area (Å²) in [6.45, 7) is 3.95. The molecule has 1 aromatic heterocycles. The van der Waals surface area contributed by atoms with E-state index in [4.69, 9.17) is 12.2 Å². The average molecular weight is 277 g/mol. The number of hydrogen-bond donors (Lipinski definition) is 2. The van der Waals surface area contributed by atoms with E-state index in [-0.39, 0.29) is 5.91 Å². The van der Waals surface area contributed by atoms with Crippen LogP contribution in [0.5, 0.6) is 0 Å². The Hall–Kier alpha value is -1.67. The number of hydrogen-bond acceptors (Lipinski definition) is 4. The fourth-order valence-electron chi connectivity index (χ4n) is 1.60. The maximum atomic E-state index is 11.9. The first-order chi connectivity index (χ1) is 9.05. The first-order valence-corrected chi connectivity index (χ1v) is 7.17. The average Bonchev–Trinajstić information content (AvgIpc) is 2.44. The van der Waals surface area contributed by atoms with Crippen LogP contribution >= 0.6 is 11.8 Å². The van der Waals surface area contributed by atoms with E-state index in [1.807, 2.05) is 19.9 Å². The van der Waals surface area contributed by atoms with E-state index in [1.54, 1.807) is 12.3 Å². The van der Waals surface area contributed by atoms with Crippen molar-refractivity contribution in [1.82, 2.24) is 10.3 Å². The van der Waals surface area contributed by atoms with Gasteiger partial charge < -0.3 is 11.1 Å². The molecule has 0 saturated carbocycles. The minimum absolute atomic E-state index is 0.0662. The molecule has 0 aromatic carbocycles. The zero-order valence-corrected chi connectivity index (χ0v) is 12.1. The van der Waals surface area contributed by atoms with Gasteiger partial charge in [-0.3, -0.25) is 4.79 Å². The molecule has 0 unspecified atom stereocenters. The Morgan fingerprint density at radius 2 is 2.21 bits per heavy atom. The molecular formula is C14H19N3OS. The van der Waals surface area contributed by atoms with Gasteiger partial charge in [0.1, 0.15) is 11.4 Å². The normalized spacial score (nSPS) is 10.8. The molecule has 0 spiro atoms. The Labute approximate surface area is 118 Å². The third-order valence-electron chi connectivity index (χ3n) is 2.99. The number of nitrogen functional groups attached to an aromatic ring is 1. The van der Waals surface area contributed by atoms with Crippen molar-refractivity contribution in [3.05, 3.63) is 18.3 Å². The molecule has 102 valence electrons. The van der Waals surface area contributed by atoms with Gasteiger partial charge in [-0.05, 0) is 25.0 Å². The van der Waals surface area contributed by atoms with Crippen LogP contribution in [-0.4, -0.2) is 22.2 Å². The van der Waals surface area contributed by atoms with E-state index in [2.05, 4.69) is 16.2 Å². The molecule has 0 aliphatic carbocycles. The number of carbonyl (C=O) groups excluding carboxylic acids is 1. The molecule has 1 rings (SSSR count). The number of nitrogens with one attached hydrogen (secondary N) is 1. The predicted molar refractivity (Wildman–Crippen MR) is 79.7 cm³/mol. The van der Waals surface area contributed by atoms with Crippen molar-refractivity contribution in [2.45, 2.75) is 37.1 Å². The quantitative estimate of drug-likeness (QED) is 0.617. The van der Waals surface area contributed by atoms with Gasteiger partial charge in [0.2, 0.25) is 5.91 Å². The summed E-state index contributed by atoms with van der Waals surface area (Å²) in [6.07, 6.45) is 8.60. The predicted octanol–water partition coefficient (Wildman–Crippen LogP) is 2.06. The Kier molecular flexibility index (Phi) is 5.71. The van der Waals surface area contributed by atoms with Gasteiger partial charge >= 0.3 is 0 Å². The highest BCUT2D eigenvalue weighted by atomic mass is 32.2. The van der Waals surface area contributed by atoms with Gasteiger partial charge in [0.15, 0.2) is 0 Å². The highest BCUT2D eigenvalue weighted by molar-refractivity contribution is 8.00. The van der Waals surface area contributed by atoms with Crippen molar-refractivity contribution >= 4 is 23.5 Å². The summed E-state index contributed by atoms with van der Waals surface area (Å²) >= 11 is 1.41. The third-order valence-corrected chi connectivity index (χ3v) is 3.97. The van der Waals surface area contributed by atoms with Crippen molar-refractivity contribution in [3.63, 3.8) is 0 Å². The maximum Gasteiger partial charge on any atom is 0.231 e. The Balaban J connectivity index is 2.52. The van der Waals surface area contributed by atoms with Gasteiger partial charge in [-0.25, -0.2) is 4.98 Å². The summed E-state index contributed by atoms with van der Waals surface area (Å²) in [5, 5.41) is 2.92. The molecule has 3 N–H and O–H groups in total. The maximum absolute atomic E-state index is 11.9. The lowest BCUT2D eigenvalue weighted by Crippen LogP contribution is -2.47. The first kappa shape index (κ1) is 15.4. The monoisotopic (exact) mass is 277 g/mol. The van der Waals surface area contributed by atoms with Gasteiger partial charge in [-0.2, -0.15) is 0 Å². The molecule has 4 nitrogen and oxygen atoms in total. The van der Waals surface area contributed by atoms with E-state index >= 15 is 0 Å². The lowest BCUT2D eigenvalue weighted by Gasteiger charge is -2.26. The molecule has 0 aliphatic heterocycles. The number of pyridine rings is 1. The zero-order valence-electron chi connectivity index (χ0n) is 11.3. The van der Waals surface area contributed by atoms with Crippen LogP contribution in [0.1, 0.15) is 26.7 Å². The highest BCUT2D eigenvalue weighted by Gasteiger charge is 2.24. The van der Waals surface area contributed by atoms with E-state index in [0.717, 1.165) is 17.7 Å². The number of rotatable bonds is 6. The Bertz CT molecular complexity index is 461. The largest absolute Gasteiger partial charge is 0.384 e. The molecule has 1 heterocycles. The van der Waals surface area contributed by atoms with Crippen LogP contribution in [0.3, 0.4) is 0 Å². The summed E-state index contributed by atoms with van der Waals surface area (Å²) < 4.78 is 0. The standard InChI is InChI=1S/C14H19N3OS/c1-4-14(5-2,6-3)17-13(18)10-19-11-7-8-12(15)16-9-11/h1,7-9H,5-6,10H2,2-3H3,(H2,15,16)(H,17,18). The fourth-order valence-corrected chi connectivity index (χ4v) is 2.26. The summed E-state index contributed by atoms with van der Waals surface area (Å²) in [6, 6.07) is 3.55. The minimum Gasteiger partial charge on any atom is -0.384 e. The van der Waals surface area contributed by atoms with Gasteiger partial charge in [-0.1, -0.05) is 19.8 Å². The van der Waals surface area contributed by atoms with Crippen molar-refractivity contribution < 1.29 is 4.79 Å². The first-order valence-electron chi connectivity index (χ1n) is 6.18. The van der Waals surface area contributed by atoms with Crippen LogP contribution in [0.25, 0.3) is 0 Å². The fraction of sp³-hybridized carbons (Fsp3) is 0.429. The van der Waals surface area contributed by atoms with Crippen LogP contribution in [0, 0.1) is 12.3 Å². The van der Waals surface area contributed by atoms with E-state index in [9.17, 15) is 4.79 Å². The topological polar surface area (TPSA) is 68.0 Å². The second-order valence-electron chi connectivity index (χ2n) is 4.19. The third kappa shape index (κ3) is 4.49. The van der Waals surface area contributed by atoms with E-state index < -0.39 is 5.54 Å². The molecule has 0 atom stereocenters. The van der Waals surface area contributed by atoms with Gasteiger partial charge in [0.25, 0.3) is 0 Å². The lowest BCUT2D eigenvalue weighted by molar-refractivity contribution is -0.119. The molecule has 5 heteroatoms. The highest BCUT2D eigenvalue weighted by Crippen LogP contribution is 2.18. The van der Waals surface area contributed by atoms with Crippen molar-refractivity contribution in [2.24, 2.45) is 0 Å². The number of terminal acetylenes is 1. The van der Waals surface area contributed by atoms with Crippen molar-refractivity contribution in [3.8, 4) is 12.3 Å². The molecule has 19 heavy (non-hydrogen) atoms. The molecule has 1 amide bonds. The number of carbonyl (C=O) groups is 1. The van der Waals surface area contributed by atoms with E-state index in [0.29, 0.717) is 11.6 Å². The van der Waals surface area contributed by atoms with Crippen LogP contribution in [0.15, 0.2) is 23.2 Å². The van der Waals surface area contributed by atoms with Crippen LogP contribution in [0.2, 0.25) is 0 Å². The van der Waals surface area contributed by atoms with Crippen LogP contribution < -0.4 is 11.1 Å². The number of anilines is 1. The number of thioether (sulfide) groups is 1. The second-order valence-corrected chi connectivity index (χ2v) is 5.24. The smallest absolute Gasteiger partial charge is 0.231 e. The SMILES string of the molecule is C#CC(CC)(CC)NC(=O)CSc1ccc(N)nc1. The number of amides is 1. The number of aromatic nitrogens is 1. The minimum atomic E-state index is -0.531. The zero-order chi connectivity index (χ0) is 14.3. The summed E-state index contributed by atoms with van der Waals surface area (Å²) in [5.74, 6) is 3.40. The Morgan fingerprint density at radius 1 is 1.53 bits per heavy atom. The number of nitrogens with zero attached hydrogens (tertiary/aromatic N) is 1. The molecule has 0 saturated heterocycles. The Morgan fingerprint density at radius 3 is 2.68 bits per heavy atom. The van der Waals surface area contributed by atoms with Gasteiger partial charge in [0.05, 0.1) is 5.75 Å². The molecule has 0 radical (unpaired) electrons. The molecule has 0 aliphatic rings. The second kappa shape index (κ2) is 7.05. The molecular weight excluding hydrogens is 258 g/mol. The molecule has 1 aromatic rings. The van der Waals surface area contributed by atoms with Crippen LogP contribution in [0.4, 0.5) is 5.82 Å². The summed E-state index contributed by atoms with van der Waals surface area (Å²) in [7, 11) is 0. The van der Waals surface area contributed by atoms with Crippen LogP contribution in [-0.2, 0) is 4.79 Å². The summed E-state index contributed by atoms with van der Waals surface area (Å²) in [5.41, 5.74) is 4.97. The van der Waals surface area contributed by atoms with Gasteiger partial charge in [-0.15, -0.1) is 18.2 Å². The van der Waals surface area contributed by atoms with Crippen molar-refractivity contribution in [1.29, 1.82) is 0 Å². The number of nitrogens with two attached hydrogens (primary N) is 1. The van der Waals surface area contributed by atoms with Crippen molar-refractivity contribution in [2.75, 3.05) is 11.5 Å². The summed E-state index contributed by atoms with van der Waals surface area (Å²) in [4.78, 5) is 16.8. The lowest BCUT2D eigenvalue weighted by atomic mass is 9.94. The molecule has 0 bridgehead atoms. The van der Waals surface area contributed by atoms with Gasteiger partial charge in [0, 0.05) is 11.1 Å². The van der Waals surface area contributed by atoms with E-state index in [1.165, 1.54) is 11.8 Å². The molecule has 0 fully saturated rings.